The highest BCUT2D eigenvalue weighted by molar-refractivity contribution is 7.89. The number of rotatable bonds is 11. The number of para-hydroxylation sites is 2. The minimum absolute atomic E-state index is 0.0365. The fourth-order valence-electron chi connectivity index (χ4n) is 4.05. The van der Waals surface area contributed by atoms with E-state index in [1.165, 1.54) is 29.2 Å². The summed E-state index contributed by atoms with van der Waals surface area (Å²) >= 11 is 0. The number of nitrogens with one attached hydrogen (secondary N) is 2. The third-order valence-corrected chi connectivity index (χ3v) is 7.99. The van der Waals surface area contributed by atoms with Crippen LogP contribution in [0.25, 0.3) is 0 Å². The van der Waals surface area contributed by atoms with Gasteiger partial charge in [0, 0.05) is 12.6 Å². The summed E-state index contributed by atoms with van der Waals surface area (Å²) < 4.78 is 39.1. The van der Waals surface area contributed by atoms with Gasteiger partial charge in [0.05, 0.1) is 17.1 Å². The Labute approximate surface area is 229 Å². The highest BCUT2D eigenvalue weighted by Gasteiger charge is 2.33. The Morgan fingerprint density at radius 2 is 1.72 bits per heavy atom. The van der Waals surface area contributed by atoms with Crippen LogP contribution in [-0.2, 0) is 26.0 Å². The van der Waals surface area contributed by atoms with Crippen LogP contribution >= 0.6 is 0 Å². The van der Waals surface area contributed by atoms with E-state index >= 15 is 0 Å². The summed E-state index contributed by atoms with van der Waals surface area (Å²) in [4.78, 5) is 27.7. The summed E-state index contributed by atoms with van der Waals surface area (Å²) in [6, 6.07) is 22.6. The molecule has 0 saturated heterocycles. The van der Waals surface area contributed by atoms with Crippen molar-refractivity contribution in [1.29, 1.82) is 0 Å². The number of amides is 2. The molecular formula is C29H33N3O6S. The zero-order valence-corrected chi connectivity index (χ0v) is 22.8. The molecule has 0 fully saturated rings. The summed E-state index contributed by atoms with van der Waals surface area (Å²) in [5.74, 6) is 0.121. The maximum atomic E-state index is 13.2. The average Bonchev–Trinajstić information content (AvgIpc) is 2.95. The summed E-state index contributed by atoms with van der Waals surface area (Å²) in [7, 11) is -3.64. The first-order valence-electron chi connectivity index (χ1n) is 12.9. The number of ether oxygens (including phenoxy) is 2. The molecule has 0 radical (unpaired) electrons. The number of anilines is 1. The van der Waals surface area contributed by atoms with Gasteiger partial charge in [-0.15, -0.1) is 0 Å². The van der Waals surface area contributed by atoms with E-state index in [-0.39, 0.29) is 35.9 Å². The average molecular weight is 552 g/mol. The Kier molecular flexibility index (Phi) is 9.21. The number of nitrogens with zero attached hydrogens (tertiary/aromatic N) is 1. The van der Waals surface area contributed by atoms with Crippen LogP contribution < -0.4 is 24.4 Å². The molecular weight excluding hydrogens is 518 g/mol. The van der Waals surface area contributed by atoms with Gasteiger partial charge in [-0.05, 0) is 61.7 Å². The van der Waals surface area contributed by atoms with Gasteiger partial charge < -0.3 is 19.7 Å². The van der Waals surface area contributed by atoms with Crippen LogP contribution in [0.4, 0.5) is 5.69 Å². The van der Waals surface area contributed by atoms with E-state index in [0.29, 0.717) is 36.6 Å². The van der Waals surface area contributed by atoms with Crippen LogP contribution in [0.15, 0.2) is 83.8 Å². The van der Waals surface area contributed by atoms with E-state index in [2.05, 4.69) is 10.0 Å². The first-order valence-corrected chi connectivity index (χ1v) is 14.4. The van der Waals surface area contributed by atoms with E-state index in [9.17, 15) is 18.0 Å². The Morgan fingerprint density at radius 1 is 1.03 bits per heavy atom. The van der Waals surface area contributed by atoms with Crippen molar-refractivity contribution in [2.45, 2.75) is 43.7 Å². The van der Waals surface area contributed by atoms with Crippen molar-refractivity contribution in [3.8, 4) is 11.5 Å². The van der Waals surface area contributed by atoms with Crippen molar-refractivity contribution in [2.24, 2.45) is 0 Å². The van der Waals surface area contributed by atoms with E-state index in [4.69, 9.17) is 9.47 Å². The molecule has 2 N–H and O–H groups in total. The molecule has 10 heteroatoms. The quantitative estimate of drug-likeness (QED) is 0.378. The van der Waals surface area contributed by atoms with Crippen LogP contribution in [0.3, 0.4) is 0 Å². The molecule has 0 aliphatic carbocycles. The number of fused-ring (bicyclic) bond motifs is 1. The lowest BCUT2D eigenvalue weighted by Gasteiger charge is -2.34. The van der Waals surface area contributed by atoms with E-state index < -0.39 is 16.1 Å². The largest absolute Gasteiger partial charge is 0.484 e. The maximum absolute atomic E-state index is 13.2. The lowest BCUT2D eigenvalue weighted by atomic mass is 10.1. The van der Waals surface area contributed by atoms with Crippen molar-refractivity contribution in [3.63, 3.8) is 0 Å². The summed E-state index contributed by atoms with van der Waals surface area (Å²) in [5, 5.41) is 2.89. The fraction of sp³-hybridized carbons (Fsp3) is 0.310. The molecule has 0 spiro atoms. The minimum atomic E-state index is -3.64. The molecule has 2 atom stereocenters. The van der Waals surface area contributed by atoms with Gasteiger partial charge >= 0.3 is 0 Å². The van der Waals surface area contributed by atoms with Crippen molar-refractivity contribution >= 4 is 27.5 Å². The molecule has 4 rings (SSSR count). The molecule has 1 aliphatic heterocycles. The Balaban J connectivity index is 1.37. The lowest BCUT2D eigenvalue weighted by Crippen LogP contribution is -2.52. The molecule has 3 aromatic carbocycles. The van der Waals surface area contributed by atoms with Gasteiger partial charge in [0.2, 0.25) is 10.0 Å². The molecule has 0 bridgehead atoms. The Bertz CT molecular complexity index is 1380. The SMILES string of the molecule is CCC(C)NS(=O)(=O)c1ccc(OCC(=O)N2CC(C(=O)NCCc3ccccc3)Oc3ccccc32)cc1. The normalized spacial score (nSPS) is 15.5. The van der Waals surface area contributed by atoms with E-state index in [0.717, 1.165) is 5.56 Å². The van der Waals surface area contributed by atoms with Crippen LogP contribution in [0.1, 0.15) is 25.8 Å². The van der Waals surface area contributed by atoms with Crippen molar-refractivity contribution < 1.29 is 27.5 Å². The van der Waals surface area contributed by atoms with Gasteiger partial charge in [0.15, 0.2) is 12.7 Å². The maximum Gasteiger partial charge on any atom is 0.265 e. The predicted molar refractivity (Wildman–Crippen MR) is 148 cm³/mol. The first-order chi connectivity index (χ1) is 18.8. The molecule has 39 heavy (non-hydrogen) atoms. The molecule has 0 aromatic heterocycles. The Hall–Kier alpha value is -3.89. The van der Waals surface area contributed by atoms with Gasteiger partial charge in [-0.25, -0.2) is 13.1 Å². The second kappa shape index (κ2) is 12.8. The van der Waals surface area contributed by atoms with Gasteiger partial charge in [0.25, 0.3) is 11.8 Å². The molecule has 1 heterocycles. The predicted octanol–water partition coefficient (Wildman–Crippen LogP) is 3.30. The van der Waals surface area contributed by atoms with Crippen molar-refractivity contribution in [2.75, 3.05) is 24.6 Å². The second-order valence-electron chi connectivity index (χ2n) is 9.30. The van der Waals surface area contributed by atoms with Gasteiger partial charge in [-0.2, -0.15) is 0 Å². The zero-order chi connectivity index (χ0) is 27.8. The summed E-state index contributed by atoms with van der Waals surface area (Å²) in [5.41, 5.74) is 1.66. The second-order valence-corrected chi connectivity index (χ2v) is 11.0. The van der Waals surface area contributed by atoms with E-state index in [1.54, 1.807) is 31.2 Å². The van der Waals surface area contributed by atoms with E-state index in [1.807, 2.05) is 37.3 Å². The topological polar surface area (TPSA) is 114 Å². The molecule has 3 aromatic rings. The smallest absolute Gasteiger partial charge is 0.265 e. The molecule has 1 aliphatic rings. The highest BCUT2D eigenvalue weighted by Crippen LogP contribution is 2.33. The van der Waals surface area contributed by atoms with Crippen molar-refractivity contribution in [3.05, 3.63) is 84.4 Å². The summed E-state index contributed by atoms with van der Waals surface area (Å²) in [6.45, 7) is 3.88. The third kappa shape index (κ3) is 7.36. The van der Waals surface area contributed by atoms with Crippen LogP contribution in [0.5, 0.6) is 11.5 Å². The fourth-order valence-corrected chi connectivity index (χ4v) is 5.38. The van der Waals surface area contributed by atoms with Gasteiger partial charge in [-0.1, -0.05) is 49.4 Å². The number of sulfonamides is 1. The molecule has 206 valence electrons. The molecule has 0 saturated carbocycles. The molecule has 2 amide bonds. The number of hydrogen-bond acceptors (Lipinski definition) is 6. The first kappa shape index (κ1) is 28.1. The van der Waals surface area contributed by atoms with Crippen molar-refractivity contribution in [1.82, 2.24) is 10.0 Å². The van der Waals surface area contributed by atoms with Gasteiger partial charge in [0.1, 0.15) is 11.5 Å². The number of hydrogen-bond donors (Lipinski definition) is 2. The zero-order valence-electron chi connectivity index (χ0n) is 22.0. The van der Waals surface area contributed by atoms with Crippen LogP contribution in [-0.4, -0.2) is 52.1 Å². The molecule has 9 nitrogen and oxygen atoms in total. The third-order valence-electron chi connectivity index (χ3n) is 6.39. The number of benzene rings is 3. The summed E-state index contributed by atoms with van der Waals surface area (Å²) in [6.07, 6.45) is 0.478. The monoisotopic (exact) mass is 551 g/mol. The van der Waals surface area contributed by atoms with Crippen LogP contribution in [0, 0.1) is 0 Å². The Morgan fingerprint density at radius 3 is 2.44 bits per heavy atom. The number of carbonyl (C=O) groups is 2. The standard InChI is InChI=1S/C29H33N3O6S/c1-3-21(2)31-39(35,36)24-15-13-23(14-16-24)37-20-28(33)32-19-27(38-26-12-8-7-11-25(26)32)29(34)30-18-17-22-9-5-4-6-10-22/h4-16,21,27,31H,3,17-20H2,1-2H3,(H,30,34). The molecule has 2 unspecified atom stereocenters. The lowest BCUT2D eigenvalue weighted by molar-refractivity contribution is -0.128. The minimum Gasteiger partial charge on any atom is -0.484 e. The van der Waals surface area contributed by atoms with Gasteiger partial charge in [-0.3, -0.25) is 9.59 Å². The highest BCUT2D eigenvalue weighted by atomic mass is 32.2. The van der Waals surface area contributed by atoms with Crippen LogP contribution in [0.2, 0.25) is 0 Å². The number of carbonyl (C=O) groups excluding carboxylic acids is 2.